The van der Waals surface area contributed by atoms with Gasteiger partial charge in [0.25, 0.3) is 5.91 Å². The average molecular weight is 314 g/mol. The van der Waals surface area contributed by atoms with E-state index < -0.39 is 5.82 Å². The summed E-state index contributed by atoms with van der Waals surface area (Å²) in [4.78, 5) is 14.1. The second-order valence-corrected chi connectivity index (χ2v) is 6.03. The number of amides is 1. The minimum Gasteiger partial charge on any atom is -0.325 e. The van der Waals surface area contributed by atoms with E-state index >= 15 is 0 Å². The van der Waals surface area contributed by atoms with Crippen molar-refractivity contribution in [2.45, 2.75) is 6.54 Å². The zero-order valence-corrected chi connectivity index (χ0v) is 12.5. The zero-order valence-electron chi connectivity index (χ0n) is 11.0. The van der Waals surface area contributed by atoms with Gasteiger partial charge in [-0.2, -0.15) is 0 Å². The third-order valence-electron chi connectivity index (χ3n) is 2.72. The molecular formula is C14H15ClFN2OS+. The van der Waals surface area contributed by atoms with Crippen molar-refractivity contribution in [3.8, 4) is 0 Å². The van der Waals surface area contributed by atoms with Gasteiger partial charge in [-0.1, -0.05) is 17.7 Å². The lowest BCUT2D eigenvalue weighted by molar-refractivity contribution is -0.884. The van der Waals surface area contributed by atoms with Gasteiger partial charge in [0.2, 0.25) is 0 Å². The van der Waals surface area contributed by atoms with Crippen molar-refractivity contribution in [2.24, 2.45) is 0 Å². The number of carbonyl (C=O) groups excluding carboxylic acids is 1. The van der Waals surface area contributed by atoms with E-state index in [1.807, 2.05) is 24.6 Å². The van der Waals surface area contributed by atoms with E-state index in [0.717, 1.165) is 11.4 Å². The van der Waals surface area contributed by atoms with Crippen LogP contribution in [0.2, 0.25) is 5.02 Å². The topological polar surface area (TPSA) is 33.5 Å². The summed E-state index contributed by atoms with van der Waals surface area (Å²) in [6, 6.07) is 8.20. The summed E-state index contributed by atoms with van der Waals surface area (Å²) in [5, 5.41) is 4.87. The Kier molecular flexibility index (Phi) is 5.11. The van der Waals surface area contributed by atoms with E-state index in [4.69, 9.17) is 11.6 Å². The number of hydrogen-bond acceptors (Lipinski definition) is 2. The van der Waals surface area contributed by atoms with Crippen molar-refractivity contribution >= 4 is 34.5 Å². The maximum atomic E-state index is 13.5. The molecule has 1 aromatic carbocycles. The molecule has 1 heterocycles. The van der Waals surface area contributed by atoms with E-state index in [9.17, 15) is 9.18 Å². The van der Waals surface area contributed by atoms with Crippen molar-refractivity contribution in [2.75, 3.05) is 18.9 Å². The molecule has 3 nitrogen and oxygen atoms in total. The molecule has 1 unspecified atom stereocenters. The molecule has 0 spiro atoms. The van der Waals surface area contributed by atoms with Crippen molar-refractivity contribution in [3.63, 3.8) is 0 Å². The van der Waals surface area contributed by atoms with Gasteiger partial charge in [-0.05, 0) is 29.6 Å². The van der Waals surface area contributed by atoms with Crippen LogP contribution < -0.4 is 10.2 Å². The summed E-state index contributed by atoms with van der Waals surface area (Å²) in [5.41, 5.74) is 0.156. The Balaban J connectivity index is 1.88. The first kappa shape index (κ1) is 15.0. The van der Waals surface area contributed by atoms with Gasteiger partial charge in [0.15, 0.2) is 6.54 Å². The van der Waals surface area contributed by atoms with E-state index in [0.29, 0.717) is 5.02 Å². The third kappa shape index (κ3) is 4.30. The minimum atomic E-state index is -0.526. The van der Waals surface area contributed by atoms with E-state index in [2.05, 4.69) is 5.32 Å². The Labute approximate surface area is 126 Å². The third-order valence-corrected chi connectivity index (χ3v) is 3.84. The summed E-state index contributed by atoms with van der Waals surface area (Å²) < 4.78 is 13.5. The van der Waals surface area contributed by atoms with Crippen LogP contribution in [0, 0.1) is 5.82 Å². The number of rotatable bonds is 5. The summed E-state index contributed by atoms with van der Waals surface area (Å²) >= 11 is 7.32. The number of hydrogen-bond donors (Lipinski definition) is 2. The molecule has 0 fully saturated rings. The van der Waals surface area contributed by atoms with Gasteiger partial charge in [-0.15, -0.1) is 11.3 Å². The van der Waals surface area contributed by atoms with Gasteiger partial charge in [0.1, 0.15) is 12.4 Å². The van der Waals surface area contributed by atoms with Gasteiger partial charge in [-0.3, -0.25) is 4.79 Å². The average Bonchev–Trinajstić information content (AvgIpc) is 2.85. The second kappa shape index (κ2) is 6.83. The molecule has 0 aliphatic rings. The van der Waals surface area contributed by atoms with E-state index in [1.165, 1.54) is 17.0 Å². The first-order valence-electron chi connectivity index (χ1n) is 6.13. The Morgan fingerprint density at radius 2 is 2.25 bits per heavy atom. The fourth-order valence-corrected chi connectivity index (χ4v) is 2.81. The molecule has 0 radical (unpaired) electrons. The molecule has 106 valence electrons. The number of quaternary nitrogens is 1. The number of halogens is 2. The first-order valence-corrected chi connectivity index (χ1v) is 7.39. The van der Waals surface area contributed by atoms with E-state index in [-0.39, 0.29) is 18.1 Å². The van der Waals surface area contributed by atoms with Gasteiger partial charge in [0, 0.05) is 5.02 Å². The van der Waals surface area contributed by atoms with Crippen molar-refractivity contribution in [3.05, 3.63) is 51.4 Å². The summed E-state index contributed by atoms with van der Waals surface area (Å²) in [6.45, 7) is 1.05. The molecular weight excluding hydrogens is 299 g/mol. The summed E-state index contributed by atoms with van der Waals surface area (Å²) in [5.74, 6) is -0.748. The predicted molar refractivity (Wildman–Crippen MR) is 79.8 cm³/mol. The standard InChI is InChI=1S/C14H14ClFN2OS/c1-18(8-11-3-2-6-20-11)9-14(19)17-13-5-4-10(15)7-12(13)16/h2-7H,8-9H2,1H3,(H,17,19)/p+1. The molecule has 0 aliphatic carbocycles. The number of carbonyl (C=O) groups is 1. The van der Waals surface area contributed by atoms with Crippen LogP contribution in [-0.4, -0.2) is 19.5 Å². The predicted octanol–water partition coefficient (Wildman–Crippen LogP) is 2.19. The van der Waals surface area contributed by atoms with Gasteiger partial charge in [-0.25, -0.2) is 4.39 Å². The van der Waals surface area contributed by atoms with Gasteiger partial charge >= 0.3 is 0 Å². The van der Waals surface area contributed by atoms with Crippen LogP contribution in [0.5, 0.6) is 0 Å². The number of likely N-dealkylation sites (N-methyl/N-ethyl adjacent to an activating group) is 1. The maximum Gasteiger partial charge on any atom is 0.279 e. The maximum absolute atomic E-state index is 13.5. The lowest BCUT2D eigenvalue weighted by Crippen LogP contribution is -3.08. The molecule has 1 aromatic heterocycles. The van der Waals surface area contributed by atoms with Crippen LogP contribution in [0.4, 0.5) is 10.1 Å². The molecule has 0 saturated heterocycles. The van der Waals surface area contributed by atoms with Gasteiger partial charge in [0.05, 0.1) is 17.6 Å². The largest absolute Gasteiger partial charge is 0.325 e. The highest BCUT2D eigenvalue weighted by atomic mass is 35.5. The quantitative estimate of drug-likeness (QED) is 0.872. The molecule has 2 N–H and O–H groups in total. The fourth-order valence-electron chi connectivity index (χ4n) is 1.83. The highest BCUT2D eigenvalue weighted by Crippen LogP contribution is 2.18. The van der Waals surface area contributed by atoms with Crippen molar-refractivity contribution < 1.29 is 14.1 Å². The molecule has 20 heavy (non-hydrogen) atoms. The lowest BCUT2D eigenvalue weighted by atomic mass is 10.3. The SMILES string of the molecule is C[NH+](CC(=O)Nc1ccc(Cl)cc1F)Cc1cccs1. The second-order valence-electron chi connectivity index (χ2n) is 4.56. The van der Waals surface area contributed by atoms with Crippen LogP contribution in [0.25, 0.3) is 0 Å². The Hall–Kier alpha value is -1.43. The Morgan fingerprint density at radius 1 is 1.45 bits per heavy atom. The van der Waals surface area contributed by atoms with Crippen molar-refractivity contribution in [1.29, 1.82) is 0 Å². The molecule has 0 aliphatic heterocycles. The normalized spacial score (nSPS) is 12.2. The van der Waals surface area contributed by atoms with Gasteiger partial charge < -0.3 is 10.2 Å². The Bertz CT molecular complexity index is 589. The smallest absolute Gasteiger partial charge is 0.279 e. The minimum absolute atomic E-state index is 0.156. The molecule has 1 amide bonds. The van der Waals surface area contributed by atoms with Crippen LogP contribution in [0.15, 0.2) is 35.7 Å². The number of benzene rings is 1. The Morgan fingerprint density at radius 3 is 2.90 bits per heavy atom. The lowest BCUT2D eigenvalue weighted by Gasteiger charge is -2.13. The number of nitrogens with one attached hydrogen (secondary N) is 2. The molecule has 2 rings (SSSR count). The van der Waals surface area contributed by atoms with Crippen molar-refractivity contribution in [1.82, 2.24) is 0 Å². The molecule has 2 aromatic rings. The highest BCUT2D eigenvalue weighted by Gasteiger charge is 2.13. The van der Waals surface area contributed by atoms with Crippen LogP contribution in [0.3, 0.4) is 0 Å². The summed E-state index contributed by atoms with van der Waals surface area (Å²) in [6.07, 6.45) is 0. The number of thiophene rings is 1. The summed E-state index contributed by atoms with van der Waals surface area (Å²) in [7, 11) is 1.93. The molecule has 0 bridgehead atoms. The van der Waals surface area contributed by atoms with Crippen LogP contribution in [0.1, 0.15) is 4.88 Å². The zero-order chi connectivity index (χ0) is 14.5. The van der Waals surface area contributed by atoms with Crippen LogP contribution >= 0.6 is 22.9 Å². The highest BCUT2D eigenvalue weighted by molar-refractivity contribution is 7.09. The van der Waals surface area contributed by atoms with E-state index in [1.54, 1.807) is 17.4 Å². The van der Waals surface area contributed by atoms with Crippen LogP contribution in [-0.2, 0) is 11.3 Å². The molecule has 6 heteroatoms. The molecule has 1 atom stereocenters. The number of anilines is 1. The monoisotopic (exact) mass is 313 g/mol. The first-order chi connectivity index (χ1) is 9.54. The molecule has 0 saturated carbocycles. The fraction of sp³-hybridized carbons (Fsp3) is 0.214.